The topological polar surface area (TPSA) is 73.2 Å². The molecule has 1 aromatic rings. The zero-order chi connectivity index (χ0) is 14.0. The summed E-state index contributed by atoms with van der Waals surface area (Å²) < 4.78 is 34.5. The summed E-state index contributed by atoms with van der Waals surface area (Å²) in [6.45, 7) is 6.90. The Labute approximate surface area is 114 Å². The second-order valence-corrected chi connectivity index (χ2v) is 6.55. The summed E-state index contributed by atoms with van der Waals surface area (Å²) in [4.78, 5) is 0.249. The van der Waals surface area contributed by atoms with Crippen LogP contribution in [0.3, 0.4) is 0 Å². The lowest BCUT2D eigenvalue weighted by atomic mass is 10.1. The van der Waals surface area contributed by atoms with Gasteiger partial charge in [0.2, 0.25) is 10.0 Å². The van der Waals surface area contributed by atoms with Gasteiger partial charge in [0, 0.05) is 19.2 Å². The molecule has 0 spiro atoms. The molecule has 1 N–H and O–H groups in total. The van der Waals surface area contributed by atoms with Gasteiger partial charge in [0.05, 0.1) is 18.0 Å². The minimum Gasteiger partial charge on any atom is -0.377 e. The van der Waals surface area contributed by atoms with Gasteiger partial charge in [-0.2, -0.15) is 5.10 Å². The minimum absolute atomic E-state index is 0.0312. The van der Waals surface area contributed by atoms with Crippen LogP contribution in [0.5, 0.6) is 0 Å². The Morgan fingerprint density at radius 1 is 1.63 bits per heavy atom. The Balaban J connectivity index is 2.15. The normalized spacial score (nSPS) is 21.7. The number of aryl methyl sites for hydroxylation is 1. The van der Waals surface area contributed by atoms with Crippen molar-refractivity contribution in [3.05, 3.63) is 11.9 Å². The Kier molecular flexibility index (Phi) is 4.27. The summed E-state index contributed by atoms with van der Waals surface area (Å²) in [5.41, 5.74) is 0.662. The molecular weight excluding hydrogens is 266 g/mol. The molecule has 1 aliphatic rings. The highest BCUT2D eigenvalue weighted by molar-refractivity contribution is 7.89. The molecule has 2 unspecified atom stereocenters. The summed E-state index contributed by atoms with van der Waals surface area (Å²) in [5, 5.41) is 4.07. The molecule has 2 atom stereocenters. The zero-order valence-electron chi connectivity index (χ0n) is 11.6. The molecular formula is C12H21N3O3S. The van der Waals surface area contributed by atoms with Gasteiger partial charge in [-0.1, -0.05) is 0 Å². The summed E-state index contributed by atoms with van der Waals surface area (Å²) in [7, 11) is -3.53. The number of hydrogen-bond donors (Lipinski definition) is 1. The van der Waals surface area contributed by atoms with Crippen molar-refractivity contribution in [2.24, 2.45) is 0 Å². The van der Waals surface area contributed by atoms with Crippen LogP contribution in [0.15, 0.2) is 11.1 Å². The highest BCUT2D eigenvalue weighted by Gasteiger charge is 2.28. The smallest absolute Gasteiger partial charge is 0.244 e. The molecule has 108 valence electrons. The molecule has 0 bridgehead atoms. The number of nitrogens with one attached hydrogen (secondary N) is 1. The molecule has 6 nitrogen and oxygen atoms in total. The number of sulfonamides is 1. The van der Waals surface area contributed by atoms with Gasteiger partial charge in [-0.25, -0.2) is 13.1 Å². The maximum Gasteiger partial charge on any atom is 0.244 e. The fourth-order valence-corrected chi connectivity index (χ4v) is 3.84. The quantitative estimate of drug-likeness (QED) is 0.879. The fourth-order valence-electron chi connectivity index (χ4n) is 2.39. The fraction of sp³-hybridized carbons (Fsp3) is 0.750. The summed E-state index contributed by atoms with van der Waals surface area (Å²) in [6.07, 6.45) is 3.26. The van der Waals surface area contributed by atoms with Crippen molar-refractivity contribution in [2.75, 3.05) is 6.61 Å². The molecule has 1 aromatic heterocycles. The van der Waals surface area contributed by atoms with Crippen molar-refractivity contribution in [3.63, 3.8) is 0 Å². The second-order valence-electron chi connectivity index (χ2n) is 4.87. The Hall–Kier alpha value is -0.920. The maximum atomic E-state index is 12.3. The van der Waals surface area contributed by atoms with Crippen LogP contribution in [-0.4, -0.2) is 37.0 Å². The number of nitrogens with zero attached hydrogens (tertiary/aromatic N) is 2. The van der Waals surface area contributed by atoms with Gasteiger partial charge in [-0.3, -0.25) is 4.68 Å². The van der Waals surface area contributed by atoms with E-state index in [0.717, 1.165) is 12.8 Å². The average Bonchev–Trinajstić information content (AvgIpc) is 2.96. The lowest BCUT2D eigenvalue weighted by molar-refractivity contribution is 0.0902. The highest BCUT2D eigenvalue weighted by atomic mass is 32.2. The molecule has 1 fully saturated rings. The van der Waals surface area contributed by atoms with Gasteiger partial charge in [-0.15, -0.1) is 0 Å². The van der Waals surface area contributed by atoms with E-state index in [9.17, 15) is 8.42 Å². The Morgan fingerprint density at radius 3 is 2.89 bits per heavy atom. The van der Waals surface area contributed by atoms with E-state index in [1.165, 1.54) is 6.20 Å². The van der Waals surface area contributed by atoms with Crippen molar-refractivity contribution in [2.45, 2.75) is 57.2 Å². The van der Waals surface area contributed by atoms with Crippen LogP contribution >= 0.6 is 0 Å². The second kappa shape index (κ2) is 5.60. The van der Waals surface area contributed by atoms with Crippen LogP contribution in [-0.2, 0) is 21.3 Å². The van der Waals surface area contributed by atoms with E-state index in [4.69, 9.17) is 4.74 Å². The van der Waals surface area contributed by atoms with E-state index in [0.29, 0.717) is 18.8 Å². The first-order valence-electron chi connectivity index (χ1n) is 6.62. The zero-order valence-corrected chi connectivity index (χ0v) is 12.4. The van der Waals surface area contributed by atoms with Crippen molar-refractivity contribution in [1.82, 2.24) is 14.5 Å². The number of aromatic nitrogens is 2. The predicted octanol–water partition coefficient (Wildman–Crippen LogP) is 1.06. The first-order valence-corrected chi connectivity index (χ1v) is 8.10. The number of rotatable bonds is 5. The summed E-state index contributed by atoms with van der Waals surface area (Å²) in [5.74, 6) is 0. The highest BCUT2D eigenvalue weighted by Crippen LogP contribution is 2.19. The minimum atomic E-state index is -3.53. The van der Waals surface area contributed by atoms with Gasteiger partial charge in [0.25, 0.3) is 0 Å². The standard InChI is InChI=1S/C12H21N3O3S/c1-4-15-10(3)12(8-13-15)19(16,17)14-9(2)11-6-5-7-18-11/h8-9,11,14H,4-7H2,1-3H3. The van der Waals surface area contributed by atoms with E-state index in [-0.39, 0.29) is 17.0 Å². The van der Waals surface area contributed by atoms with E-state index in [1.807, 2.05) is 13.8 Å². The Bertz CT molecular complexity index is 532. The predicted molar refractivity (Wildman–Crippen MR) is 71.4 cm³/mol. The van der Waals surface area contributed by atoms with Crippen molar-refractivity contribution >= 4 is 10.0 Å². The lowest BCUT2D eigenvalue weighted by Gasteiger charge is -2.19. The van der Waals surface area contributed by atoms with Gasteiger partial charge in [-0.05, 0) is 33.6 Å². The van der Waals surface area contributed by atoms with Crippen LogP contribution in [0, 0.1) is 6.92 Å². The van der Waals surface area contributed by atoms with Gasteiger partial charge >= 0.3 is 0 Å². The van der Waals surface area contributed by atoms with Crippen LogP contribution < -0.4 is 4.72 Å². The van der Waals surface area contributed by atoms with E-state index in [2.05, 4.69) is 9.82 Å². The number of ether oxygens (including phenoxy) is 1. The Morgan fingerprint density at radius 2 is 2.37 bits per heavy atom. The lowest BCUT2D eigenvalue weighted by Crippen LogP contribution is -2.40. The van der Waals surface area contributed by atoms with Crippen molar-refractivity contribution in [3.8, 4) is 0 Å². The molecule has 0 radical (unpaired) electrons. The third-order valence-corrected chi connectivity index (χ3v) is 5.17. The SMILES string of the molecule is CCn1ncc(S(=O)(=O)NC(C)C2CCCO2)c1C. The van der Waals surface area contributed by atoms with Crippen LogP contribution in [0.2, 0.25) is 0 Å². The number of hydrogen-bond acceptors (Lipinski definition) is 4. The molecule has 0 saturated carbocycles. The third-order valence-electron chi connectivity index (χ3n) is 3.51. The van der Waals surface area contributed by atoms with Crippen LogP contribution in [0.4, 0.5) is 0 Å². The summed E-state index contributed by atoms with van der Waals surface area (Å²) in [6, 6.07) is -0.225. The van der Waals surface area contributed by atoms with Crippen LogP contribution in [0.1, 0.15) is 32.4 Å². The monoisotopic (exact) mass is 287 g/mol. The molecule has 0 aliphatic carbocycles. The first kappa shape index (κ1) is 14.5. The molecule has 2 heterocycles. The van der Waals surface area contributed by atoms with E-state index >= 15 is 0 Å². The van der Waals surface area contributed by atoms with E-state index in [1.54, 1.807) is 11.6 Å². The maximum absolute atomic E-state index is 12.3. The first-order chi connectivity index (χ1) is 8.95. The van der Waals surface area contributed by atoms with Crippen molar-refractivity contribution < 1.29 is 13.2 Å². The van der Waals surface area contributed by atoms with Crippen molar-refractivity contribution in [1.29, 1.82) is 0 Å². The van der Waals surface area contributed by atoms with Gasteiger partial charge in [0.15, 0.2) is 0 Å². The summed E-state index contributed by atoms with van der Waals surface area (Å²) >= 11 is 0. The molecule has 1 saturated heterocycles. The molecule has 7 heteroatoms. The van der Waals surface area contributed by atoms with Gasteiger partial charge < -0.3 is 4.74 Å². The largest absolute Gasteiger partial charge is 0.377 e. The molecule has 0 amide bonds. The molecule has 0 aromatic carbocycles. The van der Waals surface area contributed by atoms with Gasteiger partial charge in [0.1, 0.15) is 4.90 Å². The molecule has 2 rings (SSSR count). The molecule has 19 heavy (non-hydrogen) atoms. The average molecular weight is 287 g/mol. The van der Waals surface area contributed by atoms with Crippen LogP contribution in [0.25, 0.3) is 0 Å². The third kappa shape index (κ3) is 2.98. The molecule has 1 aliphatic heterocycles. The van der Waals surface area contributed by atoms with E-state index < -0.39 is 10.0 Å².